The molecule has 0 spiro atoms. The molecule has 0 radical (unpaired) electrons. The average molecular weight is 827 g/mol. The van der Waals surface area contributed by atoms with Gasteiger partial charge in [0.25, 0.3) is 5.91 Å². The molecular formula is C45H42N6O8S. The summed E-state index contributed by atoms with van der Waals surface area (Å²) in [6, 6.07) is 38.1. The van der Waals surface area contributed by atoms with Crippen LogP contribution in [0.3, 0.4) is 0 Å². The normalized spacial score (nSPS) is 20.3. The van der Waals surface area contributed by atoms with Gasteiger partial charge in [-0.3, -0.25) is 14.5 Å². The van der Waals surface area contributed by atoms with Gasteiger partial charge in [-0.1, -0.05) is 116 Å². The van der Waals surface area contributed by atoms with Crippen LogP contribution in [0.1, 0.15) is 53.6 Å². The zero-order valence-electron chi connectivity index (χ0n) is 32.5. The van der Waals surface area contributed by atoms with E-state index in [1.807, 2.05) is 103 Å². The lowest BCUT2D eigenvalue weighted by Gasteiger charge is -2.41. The van der Waals surface area contributed by atoms with Gasteiger partial charge in [-0.15, -0.1) is 5.10 Å². The average Bonchev–Trinajstić information content (AvgIpc) is 3.86. The fraction of sp³-hybridized carbons (Fsp3) is 0.244. The Hall–Kier alpha value is -6.39. The molecule has 14 nitrogen and oxygen atoms in total. The number of aromatic nitrogens is 4. The van der Waals surface area contributed by atoms with Crippen LogP contribution in [-0.4, -0.2) is 71.1 Å². The van der Waals surface area contributed by atoms with Crippen LogP contribution in [0, 0.1) is 5.92 Å². The Bertz CT molecular complexity index is 2430. The van der Waals surface area contributed by atoms with E-state index in [1.54, 1.807) is 28.9 Å². The van der Waals surface area contributed by atoms with Gasteiger partial charge in [-0.2, -0.15) is 4.68 Å². The number of phenols is 1. The summed E-state index contributed by atoms with van der Waals surface area (Å²) in [5.41, 5.74) is 6.66. The number of phenolic OH excluding ortho intramolecular Hbond substituents is 1. The lowest BCUT2D eigenvalue weighted by Crippen LogP contribution is -2.41. The minimum atomic E-state index is -0.996. The van der Waals surface area contributed by atoms with E-state index in [1.165, 1.54) is 16.7 Å². The summed E-state index contributed by atoms with van der Waals surface area (Å²) in [7, 11) is 0. The van der Waals surface area contributed by atoms with Crippen LogP contribution in [0.15, 0.2) is 133 Å². The first kappa shape index (κ1) is 40.4. The highest BCUT2D eigenvalue weighted by molar-refractivity contribution is 7.99. The van der Waals surface area contributed by atoms with Crippen molar-refractivity contribution in [2.75, 3.05) is 5.75 Å². The minimum Gasteiger partial charge on any atom is -0.508 e. The number of likely N-dealkylation sites (tertiary alicyclic amines) is 1. The molecule has 15 heteroatoms. The number of amides is 3. The number of alkyl carbamates (subject to hydrolysis) is 1. The largest absolute Gasteiger partial charge is 0.508 e. The Kier molecular flexibility index (Phi) is 12.3. The van der Waals surface area contributed by atoms with E-state index < -0.39 is 24.3 Å². The summed E-state index contributed by atoms with van der Waals surface area (Å²) in [6.07, 6.45) is -2.20. The smallest absolute Gasteiger partial charge is 0.408 e. The van der Waals surface area contributed by atoms with Crippen LogP contribution < -0.4 is 5.32 Å². The molecule has 3 heterocycles. The van der Waals surface area contributed by atoms with Crippen LogP contribution in [0.25, 0.3) is 16.8 Å². The van der Waals surface area contributed by atoms with E-state index in [-0.39, 0.29) is 56.0 Å². The summed E-state index contributed by atoms with van der Waals surface area (Å²) >= 11 is 1.46. The molecule has 0 bridgehead atoms. The van der Waals surface area contributed by atoms with Gasteiger partial charge < -0.3 is 29.7 Å². The summed E-state index contributed by atoms with van der Waals surface area (Å²) in [5.74, 6) is -0.258. The van der Waals surface area contributed by atoms with Gasteiger partial charge in [-0.05, 0) is 74.1 Å². The summed E-state index contributed by atoms with van der Waals surface area (Å²) < 4.78 is 20.2. The number of hydrogen-bond acceptors (Lipinski definition) is 12. The van der Waals surface area contributed by atoms with Crippen molar-refractivity contribution in [3.63, 3.8) is 0 Å². The number of thioether (sulfide) groups is 1. The number of aliphatic hydroxyl groups is 1. The number of aliphatic hydroxyl groups excluding tert-OH is 1. The van der Waals surface area contributed by atoms with Crippen LogP contribution in [0.4, 0.5) is 4.79 Å². The van der Waals surface area contributed by atoms with E-state index in [0.717, 1.165) is 38.9 Å². The molecule has 0 aliphatic carbocycles. The molecule has 60 heavy (non-hydrogen) atoms. The highest BCUT2D eigenvalue weighted by atomic mass is 32.2. The predicted octanol–water partition coefficient (Wildman–Crippen LogP) is 6.66. The number of rotatable bonds is 13. The van der Waals surface area contributed by atoms with E-state index in [2.05, 4.69) is 27.8 Å². The third-order valence-electron chi connectivity index (χ3n) is 10.6. The fourth-order valence-electron chi connectivity index (χ4n) is 7.22. The minimum absolute atomic E-state index is 0.0488. The van der Waals surface area contributed by atoms with Gasteiger partial charge in [-0.25, -0.2) is 4.79 Å². The SMILES string of the molecule is CC1C(CSc2nnnn2-c2ccc(O)cc2)OC(c2ccc(-c3cccc(CN4C(=O)CC(NC(=O)OCc5ccccc5)C4=O)c3)cc2)OC1c1ccc(CO)cc1. The standard InChI is InChI=1S/C45H42N6O8S/c1-28-39(27-60-44-47-48-49-51(44)36-18-20-37(53)21-19-36)58-43(59-41(28)33-12-10-29(25-52)11-13-33)34-16-14-32(15-17-34)35-9-5-8-31(22-35)24-50-40(54)23-38(42(50)55)46-45(56)57-26-30-6-3-2-4-7-30/h2-22,28,38-39,41,43,52-53H,23-27H2,1H3,(H,46,56). The second-order valence-electron chi connectivity index (χ2n) is 14.6. The molecule has 1 aromatic heterocycles. The van der Waals surface area contributed by atoms with Crippen molar-refractivity contribution in [2.45, 2.75) is 62.8 Å². The summed E-state index contributed by atoms with van der Waals surface area (Å²) in [4.78, 5) is 39.8. The van der Waals surface area contributed by atoms with E-state index >= 15 is 0 Å². The Morgan fingerprint density at radius 3 is 2.33 bits per heavy atom. The number of imide groups is 1. The maximum absolute atomic E-state index is 13.2. The number of nitrogens with one attached hydrogen (secondary N) is 1. The maximum atomic E-state index is 13.2. The highest BCUT2D eigenvalue weighted by Gasteiger charge is 2.40. The predicted molar refractivity (Wildman–Crippen MR) is 220 cm³/mol. The second kappa shape index (κ2) is 18.3. The molecule has 5 unspecified atom stereocenters. The van der Waals surface area contributed by atoms with Crippen molar-refractivity contribution in [3.05, 3.63) is 155 Å². The van der Waals surface area contributed by atoms with Gasteiger partial charge in [0.15, 0.2) is 6.29 Å². The van der Waals surface area contributed by atoms with Gasteiger partial charge in [0.05, 0.1) is 37.5 Å². The molecule has 2 saturated heterocycles. The van der Waals surface area contributed by atoms with Crippen LogP contribution >= 0.6 is 11.8 Å². The number of tetrazole rings is 1. The van der Waals surface area contributed by atoms with Gasteiger partial charge in [0, 0.05) is 17.2 Å². The zero-order valence-corrected chi connectivity index (χ0v) is 33.4. The molecule has 2 aliphatic rings. The quantitative estimate of drug-likeness (QED) is 0.0834. The molecule has 3 amide bonds. The van der Waals surface area contributed by atoms with Gasteiger partial charge in [0.2, 0.25) is 11.1 Å². The summed E-state index contributed by atoms with van der Waals surface area (Å²) in [6.45, 7) is 2.14. The number of aromatic hydroxyl groups is 1. The first-order valence-corrected chi connectivity index (χ1v) is 20.4. The number of ether oxygens (including phenoxy) is 3. The van der Waals surface area contributed by atoms with Crippen molar-refractivity contribution < 1.29 is 38.8 Å². The van der Waals surface area contributed by atoms with E-state index in [9.17, 15) is 24.6 Å². The summed E-state index contributed by atoms with van der Waals surface area (Å²) in [5, 5.41) is 34.8. The number of nitrogens with zero attached hydrogens (tertiary/aromatic N) is 5. The molecular weight excluding hydrogens is 785 g/mol. The van der Waals surface area contributed by atoms with Crippen LogP contribution in [0.2, 0.25) is 0 Å². The topological polar surface area (TPSA) is 178 Å². The zero-order chi connectivity index (χ0) is 41.6. The third-order valence-corrected chi connectivity index (χ3v) is 11.6. The molecule has 5 aromatic carbocycles. The Morgan fingerprint density at radius 2 is 1.58 bits per heavy atom. The van der Waals surface area contributed by atoms with Crippen molar-refractivity contribution in [2.24, 2.45) is 5.92 Å². The second-order valence-corrected chi connectivity index (χ2v) is 15.6. The molecule has 2 fully saturated rings. The van der Waals surface area contributed by atoms with Crippen molar-refractivity contribution in [1.82, 2.24) is 30.4 Å². The van der Waals surface area contributed by atoms with Crippen molar-refractivity contribution in [1.29, 1.82) is 0 Å². The first-order chi connectivity index (χ1) is 29.2. The monoisotopic (exact) mass is 826 g/mol. The first-order valence-electron chi connectivity index (χ1n) is 19.4. The van der Waals surface area contributed by atoms with Crippen LogP contribution in [-0.2, 0) is 43.6 Å². The Balaban J connectivity index is 0.944. The maximum Gasteiger partial charge on any atom is 0.408 e. The highest BCUT2D eigenvalue weighted by Crippen LogP contribution is 2.43. The molecule has 3 N–H and O–H groups in total. The molecule has 5 atom stereocenters. The number of benzene rings is 5. The Labute approximate surface area is 350 Å². The van der Waals surface area contributed by atoms with Gasteiger partial charge >= 0.3 is 6.09 Å². The lowest BCUT2D eigenvalue weighted by molar-refractivity contribution is -0.268. The molecule has 6 aromatic rings. The Morgan fingerprint density at radius 1 is 0.850 bits per heavy atom. The fourth-order valence-corrected chi connectivity index (χ4v) is 8.28. The number of carbonyl (C=O) groups excluding carboxylic acids is 3. The molecule has 8 rings (SSSR count). The van der Waals surface area contributed by atoms with Crippen molar-refractivity contribution in [3.8, 4) is 22.6 Å². The van der Waals surface area contributed by atoms with E-state index in [0.29, 0.717) is 16.6 Å². The molecule has 0 saturated carbocycles. The number of carbonyl (C=O) groups is 3. The molecule has 306 valence electrons. The lowest BCUT2D eigenvalue weighted by atomic mass is 9.91. The number of hydrogen-bond donors (Lipinski definition) is 3. The van der Waals surface area contributed by atoms with Crippen molar-refractivity contribution >= 4 is 29.7 Å². The van der Waals surface area contributed by atoms with E-state index in [4.69, 9.17) is 14.2 Å². The molecule has 2 aliphatic heterocycles. The van der Waals surface area contributed by atoms with Crippen LogP contribution in [0.5, 0.6) is 5.75 Å². The third kappa shape index (κ3) is 9.24. The van der Waals surface area contributed by atoms with Gasteiger partial charge in [0.1, 0.15) is 18.4 Å².